The van der Waals surface area contributed by atoms with E-state index in [-0.39, 0.29) is 5.91 Å². The zero-order valence-electron chi connectivity index (χ0n) is 11.8. The largest absolute Gasteiger partial charge is 0.399 e. The fraction of sp³-hybridized carbons (Fsp3) is 0.267. The maximum atomic E-state index is 11.9. The van der Waals surface area contributed by atoms with Crippen molar-refractivity contribution < 1.29 is 4.79 Å². The van der Waals surface area contributed by atoms with Crippen molar-refractivity contribution in [3.63, 3.8) is 0 Å². The fourth-order valence-corrected chi connectivity index (χ4v) is 3.39. The average Bonchev–Trinajstić information content (AvgIpc) is 2.84. The lowest BCUT2D eigenvalue weighted by molar-refractivity contribution is -0.116. The predicted octanol–water partition coefficient (Wildman–Crippen LogP) is 3.55. The minimum absolute atomic E-state index is 0.0129. The normalized spacial score (nSPS) is 10.8. The van der Waals surface area contributed by atoms with E-state index in [4.69, 9.17) is 5.73 Å². The topological polar surface area (TPSA) is 58.4 Å². The number of carbonyl (C=O) groups excluding carboxylic acids is 1. The maximum absolute atomic E-state index is 11.9. The SMILES string of the molecule is CN(CCC(=O)Nc1ccc(N)cc1)Cc1cc(Br)cs1. The first-order chi connectivity index (χ1) is 10.0. The number of hydrogen-bond donors (Lipinski definition) is 2. The number of amides is 1. The number of thiophene rings is 1. The molecule has 0 bridgehead atoms. The van der Waals surface area contributed by atoms with E-state index in [9.17, 15) is 4.79 Å². The van der Waals surface area contributed by atoms with E-state index in [2.05, 4.69) is 37.6 Å². The molecule has 1 aromatic heterocycles. The van der Waals surface area contributed by atoms with Crippen LogP contribution in [-0.4, -0.2) is 24.4 Å². The van der Waals surface area contributed by atoms with Crippen molar-refractivity contribution in [3.8, 4) is 0 Å². The van der Waals surface area contributed by atoms with Gasteiger partial charge in [-0.2, -0.15) is 0 Å². The van der Waals surface area contributed by atoms with E-state index in [1.165, 1.54) is 4.88 Å². The molecule has 0 spiro atoms. The van der Waals surface area contributed by atoms with E-state index in [0.29, 0.717) is 12.1 Å². The van der Waals surface area contributed by atoms with Crippen molar-refractivity contribution in [2.45, 2.75) is 13.0 Å². The zero-order chi connectivity index (χ0) is 15.2. The number of nitrogens with one attached hydrogen (secondary N) is 1. The molecule has 0 fully saturated rings. The average molecular weight is 368 g/mol. The smallest absolute Gasteiger partial charge is 0.225 e. The summed E-state index contributed by atoms with van der Waals surface area (Å²) in [7, 11) is 2.02. The van der Waals surface area contributed by atoms with Gasteiger partial charge in [0.15, 0.2) is 0 Å². The third kappa shape index (κ3) is 5.49. The lowest BCUT2D eigenvalue weighted by atomic mass is 10.2. The van der Waals surface area contributed by atoms with Gasteiger partial charge in [0.2, 0.25) is 5.91 Å². The first-order valence-electron chi connectivity index (χ1n) is 6.60. The molecular weight excluding hydrogens is 350 g/mol. The Bertz CT molecular complexity index is 597. The monoisotopic (exact) mass is 367 g/mol. The summed E-state index contributed by atoms with van der Waals surface area (Å²) >= 11 is 5.16. The third-order valence-corrected chi connectivity index (χ3v) is 4.64. The number of rotatable bonds is 6. The van der Waals surface area contributed by atoms with E-state index in [0.717, 1.165) is 23.2 Å². The Morgan fingerprint density at radius 1 is 1.38 bits per heavy atom. The van der Waals surface area contributed by atoms with E-state index >= 15 is 0 Å². The molecule has 1 amide bonds. The number of hydrogen-bond acceptors (Lipinski definition) is 4. The van der Waals surface area contributed by atoms with Gasteiger partial charge in [0.25, 0.3) is 0 Å². The van der Waals surface area contributed by atoms with Crippen molar-refractivity contribution in [2.24, 2.45) is 0 Å². The van der Waals surface area contributed by atoms with Crippen molar-refractivity contribution >= 4 is 44.5 Å². The first kappa shape index (κ1) is 16.0. The molecule has 1 aromatic carbocycles. The molecule has 4 nitrogen and oxygen atoms in total. The van der Waals surface area contributed by atoms with Crippen molar-refractivity contribution in [1.29, 1.82) is 0 Å². The van der Waals surface area contributed by atoms with Gasteiger partial charge in [0.1, 0.15) is 0 Å². The summed E-state index contributed by atoms with van der Waals surface area (Å²) in [5.41, 5.74) is 7.08. The number of halogens is 1. The van der Waals surface area contributed by atoms with Crippen LogP contribution in [0.4, 0.5) is 11.4 Å². The van der Waals surface area contributed by atoms with Crippen LogP contribution in [0.1, 0.15) is 11.3 Å². The Balaban J connectivity index is 1.74. The van der Waals surface area contributed by atoms with Crippen molar-refractivity contribution in [3.05, 3.63) is 45.1 Å². The molecule has 0 aliphatic rings. The van der Waals surface area contributed by atoms with Crippen molar-refractivity contribution in [1.82, 2.24) is 4.90 Å². The van der Waals surface area contributed by atoms with Crippen LogP contribution in [0.25, 0.3) is 0 Å². The second-order valence-electron chi connectivity index (χ2n) is 4.89. The second-order valence-corrected chi connectivity index (χ2v) is 6.80. The fourth-order valence-electron chi connectivity index (χ4n) is 1.86. The van der Waals surface area contributed by atoms with Crippen LogP contribution in [0.5, 0.6) is 0 Å². The summed E-state index contributed by atoms with van der Waals surface area (Å²) in [5.74, 6) is 0.0129. The Kier molecular flexibility index (Phi) is 5.78. The van der Waals surface area contributed by atoms with Crippen molar-refractivity contribution in [2.75, 3.05) is 24.6 Å². The lowest BCUT2D eigenvalue weighted by Gasteiger charge is -2.15. The number of nitrogen functional groups attached to an aromatic ring is 1. The molecule has 0 radical (unpaired) electrons. The summed E-state index contributed by atoms with van der Waals surface area (Å²) in [4.78, 5) is 15.3. The number of nitrogens with zero attached hydrogens (tertiary/aromatic N) is 1. The minimum atomic E-state index is 0.0129. The van der Waals surface area contributed by atoms with E-state index in [1.807, 2.05) is 7.05 Å². The summed E-state index contributed by atoms with van der Waals surface area (Å²) < 4.78 is 1.11. The Hall–Kier alpha value is -1.37. The molecule has 0 aliphatic carbocycles. The van der Waals surface area contributed by atoms with Gasteiger partial charge in [-0.15, -0.1) is 11.3 Å². The van der Waals surface area contributed by atoms with Crippen LogP contribution >= 0.6 is 27.3 Å². The molecule has 3 N–H and O–H groups in total. The zero-order valence-corrected chi connectivity index (χ0v) is 14.2. The van der Waals surface area contributed by atoms with Gasteiger partial charge in [0, 0.05) is 45.6 Å². The first-order valence-corrected chi connectivity index (χ1v) is 8.27. The van der Waals surface area contributed by atoms with E-state index < -0.39 is 0 Å². The van der Waals surface area contributed by atoms with Crippen LogP contribution in [-0.2, 0) is 11.3 Å². The molecule has 0 saturated carbocycles. The van der Waals surface area contributed by atoms with Gasteiger partial charge in [-0.25, -0.2) is 0 Å². The molecule has 0 unspecified atom stereocenters. The maximum Gasteiger partial charge on any atom is 0.225 e. The molecule has 1 heterocycles. The Morgan fingerprint density at radius 3 is 2.71 bits per heavy atom. The molecule has 0 aliphatic heterocycles. The van der Waals surface area contributed by atoms with Crippen LogP contribution < -0.4 is 11.1 Å². The molecule has 0 atom stereocenters. The predicted molar refractivity (Wildman–Crippen MR) is 92.5 cm³/mol. The molecule has 6 heteroatoms. The van der Waals surface area contributed by atoms with Crippen LogP contribution in [0.3, 0.4) is 0 Å². The molecule has 21 heavy (non-hydrogen) atoms. The molecule has 2 rings (SSSR count). The van der Waals surface area contributed by atoms with Crippen LogP contribution in [0, 0.1) is 0 Å². The third-order valence-electron chi connectivity index (χ3n) is 2.96. The molecule has 112 valence electrons. The second kappa shape index (κ2) is 7.59. The Morgan fingerprint density at radius 2 is 2.10 bits per heavy atom. The van der Waals surface area contributed by atoms with Gasteiger partial charge in [-0.05, 0) is 53.3 Å². The minimum Gasteiger partial charge on any atom is -0.399 e. The molecule has 0 saturated heterocycles. The highest BCUT2D eigenvalue weighted by atomic mass is 79.9. The summed E-state index contributed by atoms with van der Waals surface area (Å²) in [6.07, 6.45) is 0.466. The summed E-state index contributed by atoms with van der Waals surface area (Å²) in [6.45, 7) is 1.57. The highest BCUT2D eigenvalue weighted by molar-refractivity contribution is 9.10. The van der Waals surface area contributed by atoms with Crippen LogP contribution in [0.2, 0.25) is 0 Å². The molecule has 2 aromatic rings. The van der Waals surface area contributed by atoms with Gasteiger partial charge in [-0.3, -0.25) is 4.79 Å². The highest BCUT2D eigenvalue weighted by Crippen LogP contribution is 2.20. The van der Waals surface area contributed by atoms with E-state index in [1.54, 1.807) is 35.6 Å². The highest BCUT2D eigenvalue weighted by Gasteiger charge is 2.07. The Labute approximate surface area is 137 Å². The summed E-state index contributed by atoms with van der Waals surface area (Å²) in [5, 5.41) is 4.93. The van der Waals surface area contributed by atoms with Gasteiger partial charge in [-0.1, -0.05) is 0 Å². The van der Waals surface area contributed by atoms with Gasteiger partial charge < -0.3 is 16.0 Å². The van der Waals surface area contributed by atoms with Crippen LogP contribution in [0.15, 0.2) is 40.2 Å². The summed E-state index contributed by atoms with van der Waals surface area (Å²) in [6, 6.07) is 9.27. The number of carbonyl (C=O) groups is 1. The number of anilines is 2. The quantitative estimate of drug-likeness (QED) is 0.767. The lowest BCUT2D eigenvalue weighted by Crippen LogP contribution is -2.23. The standard InChI is InChI=1S/C15H18BrN3OS/c1-19(9-14-8-11(16)10-21-14)7-6-15(20)18-13-4-2-12(17)3-5-13/h2-5,8,10H,6-7,9,17H2,1H3,(H,18,20). The van der Waals surface area contributed by atoms with Gasteiger partial charge >= 0.3 is 0 Å². The molecular formula is C15H18BrN3OS. The number of nitrogens with two attached hydrogens (primary N) is 1. The number of benzene rings is 1. The van der Waals surface area contributed by atoms with Gasteiger partial charge in [0.05, 0.1) is 0 Å².